The van der Waals surface area contributed by atoms with Crippen LogP contribution in [0.2, 0.25) is 0 Å². The van der Waals surface area contributed by atoms with Crippen molar-refractivity contribution in [2.45, 2.75) is 13.3 Å². The summed E-state index contributed by atoms with van der Waals surface area (Å²) in [6.07, 6.45) is 5.45. The minimum absolute atomic E-state index is 0.0246. The fourth-order valence-corrected chi connectivity index (χ4v) is 2.70. The molecule has 2 aliphatic carbocycles. The predicted molar refractivity (Wildman–Crippen MR) is 51.4 cm³/mol. The molecule has 1 N–H and O–H groups in total. The zero-order chi connectivity index (χ0) is 10.1. The third-order valence-electron chi connectivity index (χ3n) is 3.46. The first-order valence-corrected chi connectivity index (χ1v) is 5.20. The summed E-state index contributed by atoms with van der Waals surface area (Å²) in [5, 5.41) is 8.56. The number of carbonyl (C=O) groups is 1. The molecule has 0 amide bonds. The van der Waals surface area contributed by atoms with E-state index in [9.17, 15) is 4.79 Å². The van der Waals surface area contributed by atoms with E-state index in [1.165, 1.54) is 0 Å². The SMILES string of the molecule is CC1C2C=CC(C2)C1C(=O)OCCO. The van der Waals surface area contributed by atoms with Gasteiger partial charge in [0.1, 0.15) is 6.61 Å². The molecule has 14 heavy (non-hydrogen) atoms. The molecule has 2 rings (SSSR count). The predicted octanol–water partition coefficient (Wildman–Crippen LogP) is 0.980. The third-order valence-corrected chi connectivity index (χ3v) is 3.46. The lowest BCUT2D eigenvalue weighted by molar-refractivity contribution is -0.151. The van der Waals surface area contributed by atoms with Crippen LogP contribution in [0.3, 0.4) is 0 Å². The van der Waals surface area contributed by atoms with Crippen molar-refractivity contribution >= 4 is 5.97 Å². The van der Waals surface area contributed by atoms with E-state index in [0.717, 1.165) is 6.42 Å². The Bertz CT molecular complexity index is 259. The number of carbonyl (C=O) groups excluding carboxylic acids is 1. The molecule has 0 aliphatic heterocycles. The minimum Gasteiger partial charge on any atom is -0.463 e. The number of aliphatic hydroxyl groups is 1. The zero-order valence-electron chi connectivity index (χ0n) is 8.35. The van der Waals surface area contributed by atoms with Crippen LogP contribution in [0.25, 0.3) is 0 Å². The van der Waals surface area contributed by atoms with E-state index in [0.29, 0.717) is 17.8 Å². The Morgan fingerprint density at radius 3 is 2.79 bits per heavy atom. The Kier molecular flexibility index (Phi) is 2.59. The Balaban J connectivity index is 1.98. The second-order valence-corrected chi connectivity index (χ2v) is 4.22. The van der Waals surface area contributed by atoms with Gasteiger partial charge in [0.25, 0.3) is 0 Å². The average Bonchev–Trinajstić information content (AvgIpc) is 2.74. The molecule has 1 saturated carbocycles. The molecule has 4 atom stereocenters. The van der Waals surface area contributed by atoms with Crippen molar-refractivity contribution in [1.29, 1.82) is 0 Å². The molecule has 0 radical (unpaired) electrons. The van der Waals surface area contributed by atoms with Crippen LogP contribution in [-0.4, -0.2) is 24.3 Å². The van der Waals surface area contributed by atoms with Crippen LogP contribution in [-0.2, 0) is 9.53 Å². The number of allylic oxidation sites excluding steroid dienone is 2. The summed E-state index contributed by atoms with van der Waals surface area (Å²) < 4.78 is 4.98. The maximum atomic E-state index is 11.6. The maximum absolute atomic E-state index is 11.6. The Morgan fingerprint density at radius 1 is 1.50 bits per heavy atom. The lowest BCUT2D eigenvalue weighted by Crippen LogP contribution is -2.28. The first-order chi connectivity index (χ1) is 6.74. The van der Waals surface area contributed by atoms with Gasteiger partial charge in [0.15, 0.2) is 0 Å². The van der Waals surface area contributed by atoms with Crippen LogP contribution in [0.5, 0.6) is 0 Å². The van der Waals surface area contributed by atoms with Gasteiger partial charge in [0, 0.05) is 0 Å². The fourth-order valence-electron chi connectivity index (χ4n) is 2.70. The molecule has 2 bridgehead atoms. The standard InChI is InChI=1S/C11H16O3/c1-7-8-2-3-9(6-8)10(7)11(13)14-5-4-12/h2-3,7-10,12H,4-6H2,1H3. The van der Waals surface area contributed by atoms with Crippen LogP contribution < -0.4 is 0 Å². The molecule has 0 heterocycles. The molecule has 0 spiro atoms. The van der Waals surface area contributed by atoms with Gasteiger partial charge in [-0.1, -0.05) is 19.1 Å². The van der Waals surface area contributed by atoms with Crippen LogP contribution in [0, 0.1) is 23.7 Å². The maximum Gasteiger partial charge on any atom is 0.309 e. The van der Waals surface area contributed by atoms with E-state index in [1.807, 2.05) is 0 Å². The van der Waals surface area contributed by atoms with Gasteiger partial charge in [-0.2, -0.15) is 0 Å². The quantitative estimate of drug-likeness (QED) is 0.540. The van der Waals surface area contributed by atoms with Crippen molar-refractivity contribution in [1.82, 2.24) is 0 Å². The molecule has 1 fully saturated rings. The van der Waals surface area contributed by atoms with E-state index in [1.54, 1.807) is 0 Å². The highest BCUT2D eigenvalue weighted by molar-refractivity contribution is 5.74. The van der Waals surface area contributed by atoms with Crippen molar-refractivity contribution < 1.29 is 14.6 Å². The second kappa shape index (κ2) is 3.73. The van der Waals surface area contributed by atoms with Crippen LogP contribution in [0.15, 0.2) is 12.2 Å². The van der Waals surface area contributed by atoms with Crippen LogP contribution in [0.4, 0.5) is 0 Å². The van der Waals surface area contributed by atoms with E-state index in [4.69, 9.17) is 9.84 Å². The number of rotatable bonds is 3. The number of fused-ring (bicyclic) bond motifs is 2. The van der Waals surface area contributed by atoms with Gasteiger partial charge in [-0.15, -0.1) is 0 Å². The van der Waals surface area contributed by atoms with Crippen LogP contribution >= 0.6 is 0 Å². The normalized spacial score (nSPS) is 39.0. The molecule has 0 saturated heterocycles. The molecule has 0 aromatic carbocycles. The monoisotopic (exact) mass is 196 g/mol. The molecule has 3 heteroatoms. The molecule has 4 unspecified atom stereocenters. The van der Waals surface area contributed by atoms with Crippen molar-refractivity contribution in [2.24, 2.45) is 23.7 Å². The zero-order valence-corrected chi connectivity index (χ0v) is 8.35. The molecular formula is C11H16O3. The molecule has 0 aromatic rings. The summed E-state index contributed by atoms with van der Waals surface area (Å²) in [7, 11) is 0. The first kappa shape index (κ1) is 9.71. The van der Waals surface area contributed by atoms with E-state index < -0.39 is 0 Å². The Hall–Kier alpha value is -0.830. The second-order valence-electron chi connectivity index (χ2n) is 4.22. The molecular weight excluding hydrogens is 180 g/mol. The van der Waals surface area contributed by atoms with Gasteiger partial charge in [-0.05, 0) is 24.2 Å². The summed E-state index contributed by atoms with van der Waals surface area (Å²) >= 11 is 0. The summed E-state index contributed by atoms with van der Waals surface area (Å²) in [6.45, 7) is 2.15. The largest absolute Gasteiger partial charge is 0.463 e. The number of hydrogen-bond donors (Lipinski definition) is 1. The lowest BCUT2D eigenvalue weighted by atomic mass is 9.84. The van der Waals surface area contributed by atoms with E-state index >= 15 is 0 Å². The van der Waals surface area contributed by atoms with E-state index in [-0.39, 0.29) is 25.1 Å². The van der Waals surface area contributed by atoms with Gasteiger partial charge in [0.2, 0.25) is 0 Å². The van der Waals surface area contributed by atoms with Crippen molar-refractivity contribution in [3.63, 3.8) is 0 Å². The molecule has 0 aromatic heterocycles. The highest BCUT2D eigenvalue weighted by atomic mass is 16.5. The van der Waals surface area contributed by atoms with E-state index in [2.05, 4.69) is 19.1 Å². The average molecular weight is 196 g/mol. The summed E-state index contributed by atoms with van der Waals surface area (Å²) in [5.41, 5.74) is 0. The van der Waals surface area contributed by atoms with Gasteiger partial charge in [-0.25, -0.2) is 0 Å². The number of esters is 1. The van der Waals surface area contributed by atoms with Crippen molar-refractivity contribution in [3.05, 3.63) is 12.2 Å². The highest BCUT2D eigenvalue weighted by Gasteiger charge is 2.46. The number of ether oxygens (including phenoxy) is 1. The van der Waals surface area contributed by atoms with Gasteiger partial charge in [-0.3, -0.25) is 4.79 Å². The topological polar surface area (TPSA) is 46.5 Å². The van der Waals surface area contributed by atoms with Crippen molar-refractivity contribution in [3.8, 4) is 0 Å². The van der Waals surface area contributed by atoms with Gasteiger partial charge >= 0.3 is 5.97 Å². The lowest BCUT2D eigenvalue weighted by Gasteiger charge is -2.22. The summed E-state index contributed by atoms with van der Waals surface area (Å²) in [6, 6.07) is 0. The summed E-state index contributed by atoms with van der Waals surface area (Å²) in [5.74, 6) is 1.23. The molecule has 2 aliphatic rings. The Labute approximate surface area is 83.8 Å². The molecule has 78 valence electrons. The Morgan fingerprint density at radius 2 is 2.21 bits per heavy atom. The molecule has 3 nitrogen and oxygen atoms in total. The van der Waals surface area contributed by atoms with Gasteiger partial charge in [0.05, 0.1) is 12.5 Å². The number of aliphatic hydroxyl groups excluding tert-OH is 1. The summed E-state index contributed by atoms with van der Waals surface area (Å²) in [4.78, 5) is 11.6. The van der Waals surface area contributed by atoms with Crippen LogP contribution in [0.1, 0.15) is 13.3 Å². The third kappa shape index (κ3) is 1.46. The van der Waals surface area contributed by atoms with Gasteiger partial charge < -0.3 is 9.84 Å². The first-order valence-electron chi connectivity index (χ1n) is 5.20. The van der Waals surface area contributed by atoms with Crippen molar-refractivity contribution in [2.75, 3.05) is 13.2 Å². The number of hydrogen-bond acceptors (Lipinski definition) is 3. The smallest absolute Gasteiger partial charge is 0.309 e. The fraction of sp³-hybridized carbons (Fsp3) is 0.727. The highest BCUT2D eigenvalue weighted by Crippen LogP contribution is 2.48. The minimum atomic E-state index is -0.136.